The van der Waals surface area contributed by atoms with Gasteiger partial charge in [0.2, 0.25) is 5.91 Å². The molecule has 0 unspecified atom stereocenters. The molecule has 1 heterocycles. The fourth-order valence-corrected chi connectivity index (χ4v) is 2.23. The van der Waals surface area contributed by atoms with E-state index in [0.29, 0.717) is 17.9 Å². The number of anilines is 3. The van der Waals surface area contributed by atoms with Gasteiger partial charge in [0.1, 0.15) is 0 Å². The number of fused-ring (bicyclic) bond motifs is 1. The zero-order chi connectivity index (χ0) is 12.1. The van der Waals surface area contributed by atoms with Crippen LogP contribution in [-0.4, -0.2) is 12.5 Å². The molecule has 0 bridgehead atoms. The smallest absolute Gasteiger partial charge is 0.223 e. The Bertz CT molecular complexity index is 466. The lowest BCUT2D eigenvalue weighted by Crippen LogP contribution is -2.31. The molecule has 1 aromatic rings. The van der Waals surface area contributed by atoms with Crippen molar-refractivity contribution in [2.45, 2.75) is 26.2 Å². The van der Waals surface area contributed by atoms with Gasteiger partial charge in [-0.05, 0) is 17.7 Å². The summed E-state index contributed by atoms with van der Waals surface area (Å²) in [5.74, 6) is 0.0380. The Hall–Kier alpha value is -1.71. The topological polar surface area (TPSA) is 72.3 Å². The van der Waals surface area contributed by atoms with E-state index in [1.54, 1.807) is 17.9 Å². The Labute approximate surface area is 95.2 Å². The van der Waals surface area contributed by atoms with Crippen LogP contribution in [0.15, 0.2) is 12.1 Å². The van der Waals surface area contributed by atoms with Crippen LogP contribution in [0.25, 0.3) is 0 Å². The third kappa shape index (κ3) is 1.41. The summed E-state index contributed by atoms with van der Waals surface area (Å²) in [7, 11) is 0. The average Bonchev–Trinajstić information content (AvgIpc) is 2.41. The Balaban J connectivity index is 2.63. The first-order valence-electron chi connectivity index (χ1n) is 5.30. The lowest BCUT2D eigenvalue weighted by molar-refractivity contribution is -0.116. The van der Waals surface area contributed by atoms with Crippen molar-refractivity contribution >= 4 is 23.0 Å². The average molecular weight is 219 g/mol. The van der Waals surface area contributed by atoms with Gasteiger partial charge in [0.05, 0.1) is 11.4 Å². The zero-order valence-electron chi connectivity index (χ0n) is 9.87. The molecule has 0 aliphatic carbocycles. The molecule has 1 aliphatic rings. The van der Waals surface area contributed by atoms with E-state index < -0.39 is 0 Å². The maximum absolute atomic E-state index is 11.5. The van der Waals surface area contributed by atoms with Crippen LogP contribution in [0, 0.1) is 0 Å². The van der Waals surface area contributed by atoms with E-state index in [0.717, 1.165) is 11.3 Å². The summed E-state index contributed by atoms with van der Waals surface area (Å²) in [5.41, 5.74) is 14.6. The van der Waals surface area contributed by atoms with Crippen molar-refractivity contribution < 1.29 is 4.79 Å². The Morgan fingerprint density at radius 3 is 2.44 bits per heavy atom. The second kappa shape index (κ2) is 3.14. The lowest BCUT2D eigenvalue weighted by atomic mass is 9.86. The number of nitrogens with two attached hydrogens (primary N) is 2. The van der Waals surface area contributed by atoms with Crippen molar-refractivity contribution in [3.63, 3.8) is 0 Å². The molecule has 86 valence electrons. The molecule has 4 heteroatoms. The number of carbonyl (C=O) groups excluding carboxylic acids is 1. The number of amides is 1. The summed E-state index contributed by atoms with van der Waals surface area (Å²) in [4.78, 5) is 13.3. The van der Waals surface area contributed by atoms with E-state index in [-0.39, 0.29) is 11.3 Å². The normalized spacial score (nSPS) is 17.3. The maximum Gasteiger partial charge on any atom is 0.223 e. The van der Waals surface area contributed by atoms with Gasteiger partial charge in [0.25, 0.3) is 0 Å². The Morgan fingerprint density at radius 1 is 1.31 bits per heavy atom. The molecule has 4 N–H and O–H groups in total. The summed E-state index contributed by atoms with van der Waals surface area (Å²) in [6.07, 6.45) is 0. The van der Waals surface area contributed by atoms with Gasteiger partial charge in [-0.3, -0.25) is 4.79 Å². The first-order valence-corrected chi connectivity index (χ1v) is 5.30. The number of rotatable bonds is 0. The van der Waals surface area contributed by atoms with Crippen molar-refractivity contribution in [3.8, 4) is 0 Å². The van der Waals surface area contributed by atoms with Crippen LogP contribution in [0.5, 0.6) is 0 Å². The summed E-state index contributed by atoms with van der Waals surface area (Å²) in [6, 6.07) is 3.68. The number of hydrogen-bond donors (Lipinski definition) is 2. The predicted molar refractivity (Wildman–Crippen MR) is 66.3 cm³/mol. The highest BCUT2D eigenvalue weighted by Gasteiger charge is 2.37. The van der Waals surface area contributed by atoms with Crippen LogP contribution in [-0.2, 0) is 10.2 Å². The van der Waals surface area contributed by atoms with Gasteiger partial charge in [0, 0.05) is 24.6 Å². The van der Waals surface area contributed by atoms with Crippen LogP contribution >= 0.6 is 0 Å². The number of benzene rings is 1. The van der Waals surface area contributed by atoms with Crippen LogP contribution in [0.3, 0.4) is 0 Å². The van der Waals surface area contributed by atoms with Crippen LogP contribution in [0.1, 0.15) is 26.3 Å². The van der Waals surface area contributed by atoms with E-state index in [2.05, 4.69) is 13.8 Å². The van der Waals surface area contributed by atoms with Crippen LogP contribution in [0.4, 0.5) is 17.1 Å². The van der Waals surface area contributed by atoms with E-state index in [1.807, 2.05) is 6.07 Å². The highest BCUT2D eigenvalue weighted by Crippen LogP contribution is 2.43. The first kappa shape index (κ1) is 10.8. The van der Waals surface area contributed by atoms with Gasteiger partial charge in [0.15, 0.2) is 0 Å². The molecule has 0 saturated heterocycles. The van der Waals surface area contributed by atoms with Gasteiger partial charge >= 0.3 is 0 Å². The molecule has 1 amide bonds. The number of carbonyl (C=O) groups is 1. The minimum absolute atomic E-state index is 0.0380. The second-order valence-corrected chi connectivity index (χ2v) is 4.99. The highest BCUT2D eigenvalue weighted by molar-refractivity contribution is 5.96. The molecule has 0 saturated carbocycles. The standard InChI is InChI=1S/C12H17N3O/c1-7(16)15-6-12(2,3)8-4-9(13)10(14)5-11(8)15/h4-5H,6,13-14H2,1-3H3. The number of nitrogens with zero attached hydrogens (tertiary/aromatic N) is 1. The Morgan fingerprint density at radius 2 is 1.88 bits per heavy atom. The quantitative estimate of drug-likeness (QED) is 0.649. The third-order valence-electron chi connectivity index (χ3n) is 3.15. The molecule has 0 fully saturated rings. The fraction of sp³-hybridized carbons (Fsp3) is 0.417. The molecule has 0 aromatic heterocycles. The second-order valence-electron chi connectivity index (χ2n) is 4.99. The van der Waals surface area contributed by atoms with Gasteiger partial charge in [-0.2, -0.15) is 0 Å². The van der Waals surface area contributed by atoms with Gasteiger partial charge in [-0.1, -0.05) is 13.8 Å². The SMILES string of the molecule is CC(=O)N1CC(C)(C)c2cc(N)c(N)cc21. The highest BCUT2D eigenvalue weighted by atomic mass is 16.2. The molecule has 0 radical (unpaired) electrons. The van der Waals surface area contributed by atoms with Gasteiger partial charge in [-0.15, -0.1) is 0 Å². The van der Waals surface area contributed by atoms with Gasteiger partial charge in [-0.25, -0.2) is 0 Å². The third-order valence-corrected chi connectivity index (χ3v) is 3.15. The lowest BCUT2D eigenvalue weighted by Gasteiger charge is -2.19. The molecular formula is C12H17N3O. The van der Waals surface area contributed by atoms with Crippen molar-refractivity contribution in [1.29, 1.82) is 0 Å². The van der Waals surface area contributed by atoms with Crippen molar-refractivity contribution in [2.75, 3.05) is 22.9 Å². The number of nitrogen functional groups attached to an aromatic ring is 2. The van der Waals surface area contributed by atoms with E-state index >= 15 is 0 Å². The summed E-state index contributed by atoms with van der Waals surface area (Å²) >= 11 is 0. The van der Waals surface area contributed by atoms with Gasteiger partial charge < -0.3 is 16.4 Å². The number of hydrogen-bond acceptors (Lipinski definition) is 3. The molecule has 0 spiro atoms. The molecule has 16 heavy (non-hydrogen) atoms. The monoisotopic (exact) mass is 219 g/mol. The molecule has 4 nitrogen and oxygen atoms in total. The van der Waals surface area contributed by atoms with Crippen LogP contribution in [0.2, 0.25) is 0 Å². The minimum Gasteiger partial charge on any atom is -0.397 e. The maximum atomic E-state index is 11.5. The van der Waals surface area contributed by atoms with Crippen molar-refractivity contribution in [3.05, 3.63) is 17.7 Å². The Kier molecular flexibility index (Phi) is 2.12. The molecule has 1 aromatic carbocycles. The van der Waals surface area contributed by atoms with E-state index in [1.165, 1.54) is 0 Å². The van der Waals surface area contributed by atoms with E-state index in [4.69, 9.17) is 11.5 Å². The van der Waals surface area contributed by atoms with Crippen LogP contribution < -0.4 is 16.4 Å². The first-order chi connectivity index (χ1) is 7.33. The van der Waals surface area contributed by atoms with E-state index in [9.17, 15) is 4.79 Å². The molecular weight excluding hydrogens is 202 g/mol. The minimum atomic E-state index is -0.0666. The molecule has 1 aliphatic heterocycles. The van der Waals surface area contributed by atoms with Crippen molar-refractivity contribution in [1.82, 2.24) is 0 Å². The summed E-state index contributed by atoms with van der Waals surface area (Å²) in [5, 5.41) is 0. The summed E-state index contributed by atoms with van der Waals surface area (Å²) < 4.78 is 0. The molecule has 0 atom stereocenters. The predicted octanol–water partition coefficient (Wildman–Crippen LogP) is 1.50. The molecule has 2 rings (SSSR count). The zero-order valence-corrected chi connectivity index (χ0v) is 9.87. The summed E-state index contributed by atoms with van der Waals surface area (Å²) in [6.45, 7) is 6.45. The fourth-order valence-electron chi connectivity index (χ4n) is 2.23. The van der Waals surface area contributed by atoms with Crippen molar-refractivity contribution in [2.24, 2.45) is 0 Å². The largest absolute Gasteiger partial charge is 0.397 e.